The molecular weight excluding hydrogens is 290 g/mol. The molecule has 0 saturated carbocycles. The van der Waals surface area contributed by atoms with Crippen molar-refractivity contribution in [2.24, 2.45) is 7.05 Å². The van der Waals surface area contributed by atoms with Crippen molar-refractivity contribution in [2.45, 2.75) is 0 Å². The normalized spacial score (nSPS) is 11.0. The Morgan fingerprint density at radius 1 is 1.06 bits per heavy atom. The number of nitrogens with two attached hydrogens (primary N) is 1. The predicted octanol–water partition coefficient (Wildman–Crippen LogP) is 3.59. The summed E-state index contributed by atoms with van der Waals surface area (Å²) in [5, 5.41) is 6.79. The van der Waals surface area contributed by atoms with Crippen LogP contribution < -0.4 is 5.73 Å². The number of anilines is 1. The molecular formula is C14H12BrN3. The molecule has 0 aliphatic heterocycles. The summed E-state index contributed by atoms with van der Waals surface area (Å²) in [7, 11) is 1.84. The average Bonchev–Trinajstić information content (AvgIpc) is 2.69. The average molecular weight is 302 g/mol. The Kier molecular flexibility index (Phi) is 2.59. The monoisotopic (exact) mass is 301 g/mol. The molecule has 0 aliphatic rings. The number of nitrogen functional groups attached to an aromatic ring is 1. The van der Waals surface area contributed by atoms with Crippen LogP contribution in [-0.4, -0.2) is 9.78 Å². The first-order valence-electron chi connectivity index (χ1n) is 5.63. The fourth-order valence-electron chi connectivity index (χ4n) is 2.00. The molecule has 0 fully saturated rings. The maximum Gasteiger partial charge on any atom is 0.121 e. The van der Waals surface area contributed by atoms with E-state index in [0.717, 1.165) is 15.7 Å². The van der Waals surface area contributed by atoms with E-state index in [4.69, 9.17) is 5.73 Å². The molecule has 4 heteroatoms. The molecule has 0 bridgehead atoms. The summed E-state index contributed by atoms with van der Waals surface area (Å²) < 4.78 is 2.77. The van der Waals surface area contributed by atoms with Crippen LogP contribution in [0.25, 0.3) is 22.0 Å². The molecule has 0 amide bonds. The highest BCUT2D eigenvalue weighted by molar-refractivity contribution is 9.10. The first-order valence-corrected chi connectivity index (χ1v) is 6.42. The van der Waals surface area contributed by atoms with Crippen LogP contribution in [0.15, 0.2) is 46.9 Å². The van der Waals surface area contributed by atoms with Gasteiger partial charge in [0.25, 0.3) is 0 Å². The maximum atomic E-state index is 5.80. The van der Waals surface area contributed by atoms with Crippen LogP contribution in [0.4, 0.5) is 5.82 Å². The van der Waals surface area contributed by atoms with Gasteiger partial charge in [-0.3, -0.25) is 4.68 Å². The number of fused-ring (bicyclic) bond motifs is 1. The fraction of sp³-hybridized carbons (Fsp3) is 0.0714. The minimum Gasteiger partial charge on any atom is -0.384 e. The molecule has 90 valence electrons. The molecule has 0 radical (unpaired) electrons. The molecule has 0 spiro atoms. The van der Waals surface area contributed by atoms with E-state index in [1.54, 1.807) is 4.68 Å². The summed E-state index contributed by atoms with van der Waals surface area (Å²) in [6.45, 7) is 0. The third-order valence-electron chi connectivity index (χ3n) is 3.01. The van der Waals surface area contributed by atoms with Gasteiger partial charge in [0, 0.05) is 23.2 Å². The molecule has 2 aromatic carbocycles. The second kappa shape index (κ2) is 4.14. The van der Waals surface area contributed by atoms with Gasteiger partial charge in [0.2, 0.25) is 0 Å². The molecule has 18 heavy (non-hydrogen) atoms. The number of aromatic nitrogens is 2. The molecule has 3 aromatic rings. The lowest BCUT2D eigenvalue weighted by Crippen LogP contribution is -1.96. The van der Waals surface area contributed by atoms with Crippen LogP contribution in [0.2, 0.25) is 0 Å². The van der Waals surface area contributed by atoms with Crippen LogP contribution in [0.3, 0.4) is 0 Å². The number of hydrogen-bond acceptors (Lipinski definition) is 2. The Morgan fingerprint density at radius 2 is 1.78 bits per heavy atom. The molecule has 1 aromatic heterocycles. The van der Waals surface area contributed by atoms with Crippen molar-refractivity contribution in [1.82, 2.24) is 9.78 Å². The quantitative estimate of drug-likeness (QED) is 0.746. The molecule has 0 aliphatic carbocycles. The highest BCUT2D eigenvalue weighted by atomic mass is 79.9. The van der Waals surface area contributed by atoms with Crippen LogP contribution in [-0.2, 0) is 7.05 Å². The van der Waals surface area contributed by atoms with Crippen molar-refractivity contribution < 1.29 is 0 Å². The Hall–Kier alpha value is -1.81. The highest BCUT2D eigenvalue weighted by Gasteiger charge is 2.05. The standard InChI is InChI=1S/C14H12BrN3/c1-18-14(16)8-13(17-18)11-3-2-10-7-12(15)5-4-9(10)6-11/h2-8H,16H2,1H3. The number of nitrogens with zero attached hydrogens (tertiary/aromatic N) is 2. The summed E-state index contributed by atoms with van der Waals surface area (Å²) in [6, 6.07) is 14.4. The highest BCUT2D eigenvalue weighted by Crippen LogP contribution is 2.26. The topological polar surface area (TPSA) is 43.8 Å². The van der Waals surface area contributed by atoms with E-state index in [-0.39, 0.29) is 0 Å². The minimum atomic E-state index is 0.668. The van der Waals surface area contributed by atoms with Crippen LogP contribution in [0, 0.1) is 0 Å². The number of hydrogen-bond donors (Lipinski definition) is 1. The number of rotatable bonds is 1. The third kappa shape index (κ3) is 1.88. The Labute approximate surface area is 113 Å². The fourth-order valence-corrected chi connectivity index (χ4v) is 2.38. The van der Waals surface area contributed by atoms with E-state index in [0.29, 0.717) is 5.82 Å². The summed E-state index contributed by atoms with van der Waals surface area (Å²) >= 11 is 3.48. The van der Waals surface area contributed by atoms with Gasteiger partial charge in [0.15, 0.2) is 0 Å². The maximum absolute atomic E-state index is 5.80. The van der Waals surface area contributed by atoms with Crippen molar-refractivity contribution in [2.75, 3.05) is 5.73 Å². The van der Waals surface area contributed by atoms with Crippen molar-refractivity contribution >= 4 is 32.5 Å². The van der Waals surface area contributed by atoms with Gasteiger partial charge in [-0.2, -0.15) is 5.10 Å². The minimum absolute atomic E-state index is 0.668. The zero-order valence-corrected chi connectivity index (χ0v) is 11.5. The van der Waals surface area contributed by atoms with Crippen molar-refractivity contribution in [3.8, 4) is 11.3 Å². The molecule has 2 N–H and O–H groups in total. The van der Waals surface area contributed by atoms with Crippen molar-refractivity contribution in [1.29, 1.82) is 0 Å². The lowest BCUT2D eigenvalue weighted by Gasteiger charge is -2.01. The lowest BCUT2D eigenvalue weighted by molar-refractivity contribution is 0.782. The van der Waals surface area contributed by atoms with Gasteiger partial charge < -0.3 is 5.73 Å². The third-order valence-corrected chi connectivity index (χ3v) is 3.51. The second-order valence-electron chi connectivity index (χ2n) is 4.28. The second-order valence-corrected chi connectivity index (χ2v) is 5.20. The smallest absolute Gasteiger partial charge is 0.121 e. The van der Waals surface area contributed by atoms with E-state index in [1.165, 1.54) is 10.8 Å². The Bertz CT molecular complexity index is 711. The summed E-state index contributed by atoms with van der Waals surface area (Å²) in [5.41, 5.74) is 7.79. The summed E-state index contributed by atoms with van der Waals surface area (Å²) in [6.07, 6.45) is 0. The van der Waals surface area contributed by atoms with Gasteiger partial charge in [-0.1, -0.05) is 34.1 Å². The van der Waals surface area contributed by atoms with Gasteiger partial charge in [-0.15, -0.1) is 0 Å². The number of aryl methyl sites for hydroxylation is 1. The number of halogens is 1. The van der Waals surface area contributed by atoms with Crippen molar-refractivity contribution in [3.05, 3.63) is 46.9 Å². The van der Waals surface area contributed by atoms with Gasteiger partial charge in [0.05, 0.1) is 5.69 Å². The Balaban J connectivity index is 2.16. The molecule has 3 nitrogen and oxygen atoms in total. The van der Waals surface area contributed by atoms with Crippen LogP contribution >= 0.6 is 15.9 Å². The van der Waals surface area contributed by atoms with Crippen LogP contribution in [0.1, 0.15) is 0 Å². The van der Waals surface area contributed by atoms with Gasteiger partial charge in [-0.25, -0.2) is 0 Å². The van der Waals surface area contributed by atoms with E-state index in [2.05, 4.69) is 51.4 Å². The first kappa shape index (κ1) is 11.3. The van der Waals surface area contributed by atoms with Crippen molar-refractivity contribution in [3.63, 3.8) is 0 Å². The van der Waals surface area contributed by atoms with E-state index in [9.17, 15) is 0 Å². The zero-order chi connectivity index (χ0) is 12.7. The Morgan fingerprint density at radius 3 is 2.50 bits per heavy atom. The summed E-state index contributed by atoms with van der Waals surface area (Å²) in [4.78, 5) is 0. The predicted molar refractivity (Wildman–Crippen MR) is 78.3 cm³/mol. The number of benzene rings is 2. The summed E-state index contributed by atoms with van der Waals surface area (Å²) in [5.74, 6) is 0.668. The van der Waals surface area contributed by atoms with E-state index < -0.39 is 0 Å². The van der Waals surface area contributed by atoms with Gasteiger partial charge in [0.1, 0.15) is 5.82 Å². The van der Waals surface area contributed by atoms with Crippen LogP contribution in [0.5, 0.6) is 0 Å². The van der Waals surface area contributed by atoms with Gasteiger partial charge >= 0.3 is 0 Å². The SMILES string of the molecule is Cn1nc(-c2ccc3cc(Br)ccc3c2)cc1N. The zero-order valence-electron chi connectivity index (χ0n) is 9.89. The molecule has 0 unspecified atom stereocenters. The van der Waals surface area contributed by atoms with Gasteiger partial charge in [-0.05, 0) is 29.0 Å². The first-order chi connectivity index (χ1) is 8.63. The molecule has 0 saturated heterocycles. The van der Waals surface area contributed by atoms with E-state index >= 15 is 0 Å². The molecule has 1 heterocycles. The largest absolute Gasteiger partial charge is 0.384 e. The van der Waals surface area contributed by atoms with E-state index in [1.807, 2.05) is 19.2 Å². The molecule has 3 rings (SSSR count). The lowest BCUT2D eigenvalue weighted by atomic mass is 10.1. The molecule has 0 atom stereocenters.